The lowest BCUT2D eigenvalue weighted by atomic mass is 9.98. The molecule has 0 bridgehead atoms. The van der Waals surface area contributed by atoms with Crippen LogP contribution in [0.15, 0.2) is 47.8 Å². The Hall–Kier alpha value is -1.94. The highest BCUT2D eigenvalue weighted by atomic mass is 32.1. The van der Waals surface area contributed by atoms with Crippen LogP contribution in [0.25, 0.3) is 0 Å². The number of rotatable bonds is 3. The maximum atomic E-state index is 12.4. The maximum absolute atomic E-state index is 12.4. The van der Waals surface area contributed by atoms with Crippen molar-refractivity contribution in [3.8, 4) is 0 Å². The molecule has 2 heterocycles. The first-order valence-corrected chi connectivity index (χ1v) is 7.05. The van der Waals surface area contributed by atoms with Gasteiger partial charge in [-0.05, 0) is 17.0 Å². The Morgan fingerprint density at radius 2 is 1.89 bits per heavy atom. The van der Waals surface area contributed by atoms with Gasteiger partial charge in [-0.1, -0.05) is 36.4 Å². The Morgan fingerprint density at radius 3 is 2.58 bits per heavy atom. The average molecular weight is 271 g/mol. The van der Waals surface area contributed by atoms with Crippen LogP contribution in [0.3, 0.4) is 0 Å². The Labute approximate surface area is 115 Å². The maximum Gasteiger partial charge on any atom is 0.237 e. The molecule has 0 saturated carbocycles. The van der Waals surface area contributed by atoms with Gasteiger partial charge in [-0.15, -0.1) is 11.3 Å². The van der Waals surface area contributed by atoms with Crippen molar-refractivity contribution in [3.63, 3.8) is 0 Å². The first kappa shape index (κ1) is 12.1. The molecule has 1 fully saturated rings. The summed E-state index contributed by atoms with van der Waals surface area (Å²) >= 11 is 1.56. The van der Waals surface area contributed by atoms with E-state index in [9.17, 15) is 9.59 Å². The lowest BCUT2D eigenvalue weighted by molar-refractivity contribution is -0.139. The number of carbonyl (C=O) groups is 2. The van der Waals surface area contributed by atoms with Crippen LogP contribution in [0.4, 0.5) is 0 Å². The third-order valence-electron chi connectivity index (χ3n) is 3.34. The molecule has 1 saturated heterocycles. The van der Waals surface area contributed by atoms with E-state index in [2.05, 4.69) is 0 Å². The van der Waals surface area contributed by atoms with Crippen molar-refractivity contribution in [2.45, 2.75) is 18.9 Å². The topological polar surface area (TPSA) is 37.4 Å². The summed E-state index contributed by atoms with van der Waals surface area (Å²) in [5, 5.41) is 1.95. The molecule has 1 aliphatic rings. The second-order valence-corrected chi connectivity index (χ2v) is 5.60. The normalized spacial score (nSPS) is 19.2. The lowest BCUT2D eigenvalue weighted by Crippen LogP contribution is -2.29. The van der Waals surface area contributed by atoms with Gasteiger partial charge in [0.25, 0.3) is 0 Å². The van der Waals surface area contributed by atoms with Crippen molar-refractivity contribution in [2.75, 3.05) is 0 Å². The molecule has 4 heteroatoms. The zero-order chi connectivity index (χ0) is 13.2. The summed E-state index contributed by atoms with van der Waals surface area (Å²) in [4.78, 5) is 26.8. The van der Waals surface area contributed by atoms with Gasteiger partial charge < -0.3 is 0 Å². The number of carbonyl (C=O) groups excluding carboxylic acids is 2. The summed E-state index contributed by atoms with van der Waals surface area (Å²) in [6.45, 7) is 0.401. The zero-order valence-corrected chi connectivity index (χ0v) is 11.1. The summed E-state index contributed by atoms with van der Waals surface area (Å²) in [5.74, 6) is -0.467. The van der Waals surface area contributed by atoms with E-state index in [-0.39, 0.29) is 24.2 Å². The number of nitrogens with zero attached hydrogens (tertiary/aromatic N) is 1. The van der Waals surface area contributed by atoms with Gasteiger partial charge in [0.15, 0.2) is 0 Å². The molecule has 1 aromatic heterocycles. The molecule has 0 unspecified atom stereocenters. The van der Waals surface area contributed by atoms with Gasteiger partial charge in [0, 0.05) is 11.3 Å². The molecule has 1 aliphatic heterocycles. The second-order valence-electron chi connectivity index (χ2n) is 4.56. The molecular weight excluding hydrogens is 258 g/mol. The van der Waals surface area contributed by atoms with Gasteiger partial charge in [0.2, 0.25) is 11.8 Å². The molecule has 3 nitrogen and oxygen atoms in total. The highest BCUT2D eigenvalue weighted by Gasteiger charge is 2.39. The highest BCUT2D eigenvalue weighted by Crippen LogP contribution is 2.30. The Morgan fingerprint density at radius 1 is 1.11 bits per heavy atom. The number of thiophene rings is 1. The van der Waals surface area contributed by atoms with Gasteiger partial charge in [-0.25, -0.2) is 0 Å². The predicted molar refractivity (Wildman–Crippen MR) is 73.7 cm³/mol. The minimum atomic E-state index is -0.311. The van der Waals surface area contributed by atoms with E-state index in [1.807, 2.05) is 47.8 Å². The summed E-state index contributed by atoms with van der Waals surface area (Å²) < 4.78 is 0. The molecular formula is C15H13NO2S. The van der Waals surface area contributed by atoms with E-state index in [0.717, 1.165) is 10.4 Å². The molecule has 0 radical (unpaired) electrons. The van der Waals surface area contributed by atoms with Crippen molar-refractivity contribution in [2.24, 2.45) is 0 Å². The standard InChI is InChI=1S/C15H13NO2S/c17-14-9-13(11-5-2-1-3-6-11)15(18)16(14)10-12-7-4-8-19-12/h1-8,13H,9-10H2/t13-/m0/s1. The van der Waals surface area contributed by atoms with E-state index in [0.29, 0.717) is 6.54 Å². The summed E-state index contributed by atoms with van der Waals surface area (Å²) in [5.41, 5.74) is 0.925. The summed E-state index contributed by atoms with van der Waals surface area (Å²) in [6.07, 6.45) is 0.286. The Kier molecular flexibility index (Phi) is 3.17. The molecule has 1 atom stereocenters. The molecule has 2 amide bonds. The first-order valence-electron chi connectivity index (χ1n) is 6.17. The van der Waals surface area contributed by atoms with Crippen LogP contribution in [0.1, 0.15) is 22.8 Å². The van der Waals surface area contributed by atoms with E-state index < -0.39 is 0 Å². The van der Waals surface area contributed by atoms with Crippen molar-refractivity contribution >= 4 is 23.2 Å². The van der Waals surface area contributed by atoms with Crippen LogP contribution in [0, 0.1) is 0 Å². The fourth-order valence-corrected chi connectivity index (χ4v) is 3.05. The number of hydrogen-bond donors (Lipinski definition) is 0. The third kappa shape index (κ3) is 2.31. The molecule has 96 valence electrons. The van der Waals surface area contributed by atoms with Gasteiger partial charge in [0.1, 0.15) is 0 Å². The minimum Gasteiger partial charge on any atom is -0.277 e. The SMILES string of the molecule is O=C1C[C@@H](c2ccccc2)C(=O)N1Cc1cccs1. The molecule has 0 spiro atoms. The van der Waals surface area contributed by atoms with E-state index in [4.69, 9.17) is 0 Å². The second kappa shape index (κ2) is 4.97. The van der Waals surface area contributed by atoms with Gasteiger partial charge in [0.05, 0.1) is 12.5 Å². The van der Waals surface area contributed by atoms with Gasteiger partial charge in [-0.2, -0.15) is 0 Å². The van der Waals surface area contributed by atoms with Gasteiger partial charge in [-0.3, -0.25) is 14.5 Å². The minimum absolute atomic E-state index is 0.0766. The fraction of sp³-hybridized carbons (Fsp3) is 0.200. The molecule has 19 heavy (non-hydrogen) atoms. The lowest BCUT2D eigenvalue weighted by Gasteiger charge is -2.13. The summed E-state index contributed by atoms with van der Waals surface area (Å²) in [7, 11) is 0. The van der Waals surface area contributed by atoms with E-state index in [1.165, 1.54) is 4.90 Å². The summed E-state index contributed by atoms with van der Waals surface area (Å²) in [6, 6.07) is 13.4. The number of hydrogen-bond acceptors (Lipinski definition) is 3. The predicted octanol–water partition coefficient (Wildman–Crippen LogP) is 2.79. The zero-order valence-electron chi connectivity index (χ0n) is 10.3. The number of likely N-dealkylation sites (tertiary alicyclic amines) is 1. The Balaban J connectivity index is 1.81. The van der Waals surface area contributed by atoms with Crippen molar-refractivity contribution in [1.82, 2.24) is 4.90 Å². The average Bonchev–Trinajstić information content (AvgIpc) is 3.03. The monoisotopic (exact) mass is 271 g/mol. The fourth-order valence-electron chi connectivity index (χ4n) is 2.35. The van der Waals surface area contributed by atoms with Crippen molar-refractivity contribution in [3.05, 3.63) is 58.3 Å². The highest BCUT2D eigenvalue weighted by molar-refractivity contribution is 7.09. The first-order chi connectivity index (χ1) is 9.25. The number of benzene rings is 1. The van der Waals surface area contributed by atoms with Gasteiger partial charge >= 0.3 is 0 Å². The quantitative estimate of drug-likeness (QED) is 0.805. The van der Waals surface area contributed by atoms with Crippen LogP contribution in [-0.2, 0) is 16.1 Å². The van der Waals surface area contributed by atoms with Crippen molar-refractivity contribution in [1.29, 1.82) is 0 Å². The molecule has 0 aliphatic carbocycles. The number of amides is 2. The largest absolute Gasteiger partial charge is 0.277 e. The van der Waals surface area contributed by atoms with E-state index in [1.54, 1.807) is 11.3 Å². The van der Waals surface area contributed by atoms with Crippen LogP contribution in [0.2, 0.25) is 0 Å². The number of imide groups is 1. The molecule has 3 rings (SSSR count). The third-order valence-corrected chi connectivity index (χ3v) is 4.20. The van der Waals surface area contributed by atoms with Crippen LogP contribution < -0.4 is 0 Å². The van der Waals surface area contributed by atoms with Crippen LogP contribution in [0.5, 0.6) is 0 Å². The molecule has 0 N–H and O–H groups in total. The van der Waals surface area contributed by atoms with Crippen LogP contribution in [-0.4, -0.2) is 16.7 Å². The smallest absolute Gasteiger partial charge is 0.237 e. The van der Waals surface area contributed by atoms with Crippen molar-refractivity contribution < 1.29 is 9.59 Å². The van der Waals surface area contributed by atoms with E-state index >= 15 is 0 Å². The molecule has 2 aromatic rings. The molecule has 1 aromatic carbocycles. The van der Waals surface area contributed by atoms with Crippen LogP contribution >= 0.6 is 11.3 Å². The Bertz CT molecular complexity index is 592.